The van der Waals surface area contributed by atoms with Crippen molar-refractivity contribution < 1.29 is 14.9 Å². The number of hydrogen-bond acceptors (Lipinski definition) is 3. The summed E-state index contributed by atoms with van der Waals surface area (Å²) in [5.41, 5.74) is -0.837. The van der Waals surface area contributed by atoms with Gasteiger partial charge in [0, 0.05) is 0 Å². The Hall–Kier alpha value is -0.570. The molecular formula is C18H36O3. The molecule has 0 aliphatic carbocycles. The zero-order valence-corrected chi connectivity index (χ0v) is 15.0. The highest BCUT2D eigenvalue weighted by atomic mass is 17.1. The first-order valence-electron chi connectivity index (χ1n) is 8.63. The molecule has 3 nitrogen and oxygen atoms in total. The van der Waals surface area contributed by atoms with Crippen LogP contribution in [0.4, 0.5) is 0 Å². The van der Waals surface area contributed by atoms with E-state index in [4.69, 9.17) is 5.26 Å². The standard InChI is InChI=1S/C18H36O3/c1-7-9-11-12-13-15(3)17(4,5)18(6,14-10-8-2)16(19)21-20/h15,20H,7-14H2,1-6H3. The molecule has 0 amide bonds. The molecule has 0 bridgehead atoms. The van der Waals surface area contributed by atoms with Crippen LogP contribution in [0.3, 0.4) is 0 Å². The fraction of sp³-hybridized carbons (Fsp3) is 0.944. The van der Waals surface area contributed by atoms with Gasteiger partial charge in [-0.1, -0.05) is 79.6 Å². The molecule has 2 atom stereocenters. The molecule has 21 heavy (non-hydrogen) atoms. The van der Waals surface area contributed by atoms with Crippen molar-refractivity contribution in [3.63, 3.8) is 0 Å². The minimum Gasteiger partial charge on any atom is -0.300 e. The largest absolute Gasteiger partial charge is 0.348 e. The molecule has 2 unspecified atom stereocenters. The van der Waals surface area contributed by atoms with Gasteiger partial charge in [0.05, 0.1) is 5.41 Å². The van der Waals surface area contributed by atoms with Crippen LogP contribution in [0.2, 0.25) is 0 Å². The van der Waals surface area contributed by atoms with E-state index in [0.717, 1.165) is 25.7 Å². The second-order valence-electron chi connectivity index (χ2n) is 7.29. The van der Waals surface area contributed by atoms with Crippen molar-refractivity contribution in [1.29, 1.82) is 0 Å². The van der Waals surface area contributed by atoms with Crippen LogP contribution in [-0.2, 0) is 9.68 Å². The topological polar surface area (TPSA) is 46.5 Å². The quantitative estimate of drug-likeness (QED) is 0.296. The molecule has 0 aromatic carbocycles. The Balaban J connectivity index is 4.93. The molecule has 0 radical (unpaired) electrons. The molecule has 0 heterocycles. The van der Waals surface area contributed by atoms with Crippen LogP contribution in [0.5, 0.6) is 0 Å². The molecular weight excluding hydrogens is 264 g/mol. The van der Waals surface area contributed by atoms with E-state index < -0.39 is 11.4 Å². The molecule has 0 fully saturated rings. The van der Waals surface area contributed by atoms with E-state index >= 15 is 0 Å². The van der Waals surface area contributed by atoms with Crippen molar-refractivity contribution in [3.05, 3.63) is 0 Å². The lowest BCUT2D eigenvalue weighted by molar-refractivity contribution is -0.252. The van der Waals surface area contributed by atoms with Gasteiger partial charge in [-0.15, -0.1) is 0 Å². The Morgan fingerprint density at radius 3 is 2.10 bits per heavy atom. The summed E-state index contributed by atoms with van der Waals surface area (Å²) in [5.74, 6) is -0.0725. The number of carbonyl (C=O) groups excluding carboxylic acids is 1. The van der Waals surface area contributed by atoms with Crippen LogP contribution in [0.15, 0.2) is 0 Å². The van der Waals surface area contributed by atoms with Gasteiger partial charge in [0.15, 0.2) is 0 Å². The Morgan fingerprint density at radius 1 is 1.05 bits per heavy atom. The first kappa shape index (κ1) is 20.4. The lowest BCUT2D eigenvalue weighted by Gasteiger charge is -2.45. The third kappa shape index (κ3) is 5.28. The SMILES string of the molecule is CCCCCCC(C)C(C)(C)C(C)(CCCC)C(=O)OO. The van der Waals surface area contributed by atoms with E-state index in [1.807, 2.05) is 6.92 Å². The minimum absolute atomic E-state index is 0.200. The summed E-state index contributed by atoms with van der Waals surface area (Å²) < 4.78 is 0. The molecule has 3 heteroatoms. The van der Waals surface area contributed by atoms with Crippen LogP contribution < -0.4 is 0 Å². The van der Waals surface area contributed by atoms with Gasteiger partial charge in [0.25, 0.3) is 0 Å². The second kappa shape index (κ2) is 9.45. The molecule has 1 N–H and O–H groups in total. The maximum atomic E-state index is 12.2. The molecule has 0 rings (SSSR count). The number of hydrogen-bond donors (Lipinski definition) is 1. The molecule has 0 aliphatic rings. The van der Waals surface area contributed by atoms with E-state index in [1.54, 1.807) is 0 Å². The Labute approximate surface area is 131 Å². The molecule has 0 saturated carbocycles. The molecule has 0 spiro atoms. The highest BCUT2D eigenvalue weighted by Crippen LogP contribution is 2.50. The van der Waals surface area contributed by atoms with Crippen LogP contribution in [0.1, 0.15) is 92.9 Å². The zero-order valence-electron chi connectivity index (χ0n) is 15.0. The number of unbranched alkanes of at least 4 members (excludes halogenated alkanes) is 4. The minimum atomic E-state index is -0.637. The summed E-state index contributed by atoms with van der Waals surface area (Å²) in [5, 5.41) is 8.91. The summed E-state index contributed by atoms with van der Waals surface area (Å²) in [7, 11) is 0. The third-order valence-corrected chi connectivity index (χ3v) is 5.71. The van der Waals surface area contributed by atoms with Crippen molar-refractivity contribution in [3.8, 4) is 0 Å². The normalized spacial score (nSPS) is 16.3. The first-order chi connectivity index (χ1) is 9.77. The maximum Gasteiger partial charge on any atom is 0.348 e. The molecule has 126 valence electrons. The van der Waals surface area contributed by atoms with Crippen molar-refractivity contribution in [2.75, 3.05) is 0 Å². The Kier molecular flexibility index (Phi) is 9.19. The van der Waals surface area contributed by atoms with Gasteiger partial charge in [-0.25, -0.2) is 4.79 Å². The van der Waals surface area contributed by atoms with Crippen LogP contribution in [0, 0.1) is 16.7 Å². The lowest BCUT2D eigenvalue weighted by Crippen LogP contribution is -2.46. The van der Waals surface area contributed by atoms with Gasteiger partial charge >= 0.3 is 5.97 Å². The monoisotopic (exact) mass is 300 g/mol. The third-order valence-electron chi connectivity index (χ3n) is 5.71. The number of rotatable bonds is 11. The predicted molar refractivity (Wildman–Crippen MR) is 88.1 cm³/mol. The predicted octanol–water partition coefficient (Wildman–Crippen LogP) is 5.83. The van der Waals surface area contributed by atoms with Crippen LogP contribution in [-0.4, -0.2) is 11.2 Å². The van der Waals surface area contributed by atoms with E-state index in [2.05, 4.69) is 39.5 Å². The Bertz CT molecular complexity index is 299. The first-order valence-corrected chi connectivity index (χ1v) is 8.63. The molecule has 0 aliphatic heterocycles. The fourth-order valence-electron chi connectivity index (χ4n) is 3.10. The van der Waals surface area contributed by atoms with Gasteiger partial charge in [-0.3, -0.25) is 0 Å². The summed E-state index contributed by atoms with van der Waals surface area (Å²) in [6.45, 7) is 12.8. The highest BCUT2D eigenvalue weighted by molar-refractivity contribution is 5.76. The maximum absolute atomic E-state index is 12.2. The highest BCUT2D eigenvalue weighted by Gasteiger charge is 2.50. The van der Waals surface area contributed by atoms with Gasteiger partial charge < -0.3 is 4.89 Å². The van der Waals surface area contributed by atoms with E-state index in [9.17, 15) is 4.79 Å². The molecule has 0 saturated heterocycles. The van der Waals surface area contributed by atoms with Crippen LogP contribution in [0.25, 0.3) is 0 Å². The second-order valence-corrected chi connectivity index (χ2v) is 7.29. The smallest absolute Gasteiger partial charge is 0.300 e. The van der Waals surface area contributed by atoms with Gasteiger partial charge in [-0.2, -0.15) is 5.26 Å². The summed E-state index contributed by atoms with van der Waals surface area (Å²) in [6, 6.07) is 0. The van der Waals surface area contributed by atoms with Crippen molar-refractivity contribution in [2.24, 2.45) is 16.7 Å². The fourth-order valence-corrected chi connectivity index (χ4v) is 3.10. The number of carbonyl (C=O) groups is 1. The van der Waals surface area contributed by atoms with E-state index in [0.29, 0.717) is 5.92 Å². The average molecular weight is 300 g/mol. The van der Waals surface area contributed by atoms with Crippen molar-refractivity contribution >= 4 is 5.97 Å². The van der Waals surface area contributed by atoms with Gasteiger partial charge in [0.1, 0.15) is 0 Å². The summed E-state index contributed by atoms with van der Waals surface area (Å²) in [4.78, 5) is 16.3. The zero-order chi connectivity index (χ0) is 16.5. The van der Waals surface area contributed by atoms with Crippen molar-refractivity contribution in [2.45, 2.75) is 92.9 Å². The van der Waals surface area contributed by atoms with Gasteiger partial charge in [0.2, 0.25) is 0 Å². The Morgan fingerprint density at radius 2 is 1.62 bits per heavy atom. The van der Waals surface area contributed by atoms with Crippen LogP contribution >= 0.6 is 0 Å². The van der Waals surface area contributed by atoms with E-state index in [-0.39, 0.29) is 5.41 Å². The average Bonchev–Trinajstić information content (AvgIpc) is 2.47. The van der Waals surface area contributed by atoms with Gasteiger partial charge in [-0.05, 0) is 24.7 Å². The molecule has 0 aromatic rings. The van der Waals surface area contributed by atoms with Crippen molar-refractivity contribution in [1.82, 2.24) is 0 Å². The molecule has 0 aromatic heterocycles. The van der Waals surface area contributed by atoms with E-state index in [1.165, 1.54) is 25.7 Å². The summed E-state index contributed by atoms with van der Waals surface area (Å²) in [6.07, 6.45) is 8.86. The lowest BCUT2D eigenvalue weighted by atomic mass is 9.58. The summed E-state index contributed by atoms with van der Waals surface area (Å²) >= 11 is 0.